The maximum absolute atomic E-state index is 10.6. The van der Waals surface area contributed by atoms with Crippen molar-refractivity contribution in [2.24, 2.45) is 0 Å². The van der Waals surface area contributed by atoms with Gasteiger partial charge in [0.25, 0.3) is 0 Å². The molecule has 5 heteroatoms. The standard InChI is InChI=1S/C10H12O5/c11-10(12)7-3-9(14-4-7)6-15-8-1-2-13-5-8/h3-4,8H,1-2,5-6H2,(H,11,12). The Balaban J connectivity index is 1.84. The number of hydrogen-bond donors (Lipinski definition) is 1. The third kappa shape index (κ3) is 2.57. The Hall–Kier alpha value is -1.33. The Morgan fingerprint density at radius 3 is 3.13 bits per heavy atom. The zero-order chi connectivity index (χ0) is 10.7. The summed E-state index contributed by atoms with van der Waals surface area (Å²) < 4.78 is 15.6. The average Bonchev–Trinajstić information content (AvgIpc) is 2.86. The fraction of sp³-hybridized carbons (Fsp3) is 0.500. The Kier molecular flexibility index (Phi) is 3.03. The van der Waals surface area contributed by atoms with Gasteiger partial charge in [-0.05, 0) is 12.5 Å². The number of carboxylic acid groups (broad SMARTS) is 1. The highest BCUT2D eigenvalue weighted by Crippen LogP contribution is 2.13. The maximum atomic E-state index is 10.6. The first-order valence-electron chi connectivity index (χ1n) is 4.76. The minimum Gasteiger partial charge on any atom is -0.478 e. The number of ether oxygens (including phenoxy) is 2. The molecule has 0 amide bonds. The summed E-state index contributed by atoms with van der Waals surface area (Å²) in [5, 5.41) is 8.66. The van der Waals surface area contributed by atoms with Gasteiger partial charge in [-0.1, -0.05) is 0 Å². The van der Waals surface area contributed by atoms with Crippen LogP contribution in [-0.2, 0) is 16.1 Å². The lowest BCUT2D eigenvalue weighted by Gasteiger charge is -2.06. The molecule has 1 unspecified atom stereocenters. The SMILES string of the molecule is O=C(O)c1coc(COC2CCOC2)c1. The lowest BCUT2D eigenvalue weighted by molar-refractivity contribution is 0.0235. The van der Waals surface area contributed by atoms with Crippen molar-refractivity contribution in [1.29, 1.82) is 0 Å². The highest BCUT2D eigenvalue weighted by Gasteiger charge is 2.17. The molecule has 82 valence electrons. The molecule has 0 saturated carbocycles. The van der Waals surface area contributed by atoms with Gasteiger partial charge in [-0.25, -0.2) is 4.79 Å². The summed E-state index contributed by atoms with van der Waals surface area (Å²) in [6.45, 7) is 1.62. The highest BCUT2D eigenvalue weighted by molar-refractivity contribution is 5.87. The molecule has 0 aliphatic carbocycles. The maximum Gasteiger partial charge on any atom is 0.338 e. The topological polar surface area (TPSA) is 68.9 Å². The summed E-state index contributed by atoms with van der Waals surface area (Å²) in [7, 11) is 0. The van der Waals surface area contributed by atoms with Crippen molar-refractivity contribution in [1.82, 2.24) is 0 Å². The zero-order valence-electron chi connectivity index (χ0n) is 8.14. The molecule has 5 nitrogen and oxygen atoms in total. The quantitative estimate of drug-likeness (QED) is 0.814. The van der Waals surface area contributed by atoms with Gasteiger partial charge >= 0.3 is 5.97 Å². The van der Waals surface area contributed by atoms with Gasteiger partial charge in [-0.15, -0.1) is 0 Å². The smallest absolute Gasteiger partial charge is 0.338 e. The van der Waals surface area contributed by atoms with E-state index in [-0.39, 0.29) is 11.7 Å². The predicted octanol–water partition coefficient (Wildman–Crippen LogP) is 1.28. The fourth-order valence-corrected chi connectivity index (χ4v) is 1.41. The van der Waals surface area contributed by atoms with Crippen LogP contribution >= 0.6 is 0 Å². The minimum atomic E-state index is -0.991. The predicted molar refractivity (Wildman–Crippen MR) is 49.7 cm³/mol. The average molecular weight is 212 g/mol. The van der Waals surface area contributed by atoms with Crippen LogP contribution in [0.25, 0.3) is 0 Å². The lowest BCUT2D eigenvalue weighted by atomic mass is 10.3. The van der Waals surface area contributed by atoms with E-state index in [1.807, 2.05) is 0 Å². The van der Waals surface area contributed by atoms with Crippen LogP contribution in [0.2, 0.25) is 0 Å². The van der Waals surface area contributed by atoms with Crippen LogP contribution in [0, 0.1) is 0 Å². The van der Waals surface area contributed by atoms with Crippen LogP contribution in [-0.4, -0.2) is 30.4 Å². The normalized spacial score (nSPS) is 20.7. The molecule has 2 heterocycles. The third-order valence-electron chi connectivity index (χ3n) is 2.25. The molecule has 1 aliphatic heterocycles. The van der Waals surface area contributed by atoms with Crippen molar-refractivity contribution in [3.05, 3.63) is 23.7 Å². The molecule has 2 rings (SSSR count). The molecule has 1 saturated heterocycles. The van der Waals surface area contributed by atoms with Crippen LogP contribution in [0.5, 0.6) is 0 Å². The Morgan fingerprint density at radius 2 is 2.53 bits per heavy atom. The van der Waals surface area contributed by atoms with Crippen LogP contribution in [0.4, 0.5) is 0 Å². The van der Waals surface area contributed by atoms with E-state index in [1.165, 1.54) is 12.3 Å². The van der Waals surface area contributed by atoms with Crippen molar-refractivity contribution in [2.45, 2.75) is 19.1 Å². The molecule has 15 heavy (non-hydrogen) atoms. The molecule has 1 N–H and O–H groups in total. The number of furan rings is 1. The number of hydrogen-bond acceptors (Lipinski definition) is 4. The van der Waals surface area contributed by atoms with E-state index in [2.05, 4.69) is 0 Å². The summed E-state index contributed by atoms with van der Waals surface area (Å²) in [6.07, 6.45) is 2.20. The molecule has 1 fully saturated rings. The van der Waals surface area contributed by atoms with Crippen LogP contribution in [0.15, 0.2) is 16.7 Å². The monoisotopic (exact) mass is 212 g/mol. The molecule has 1 aromatic rings. The number of aromatic carboxylic acids is 1. The van der Waals surface area contributed by atoms with E-state index < -0.39 is 5.97 Å². The second-order valence-corrected chi connectivity index (χ2v) is 3.40. The van der Waals surface area contributed by atoms with Crippen molar-refractivity contribution in [3.8, 4) is 0 Å². The molecule has 0 radical (unpaired) electrons. The zero-order valence-corrected chi connectivity index (χ0v) is 8.14. The molecule has 1 atom stereocenters. The summed E-state index contributed by atoms with van der Waals surface area (Å²) >= 11 is 0. The van der Waals surface area contributed by atoms with Gasteiger partial charge in [0.1, 0.15) is 18.6 Å². The van der Waals surface area contributed by atoms with Crippen LogP contribution in [0.1, 0.15) is 22.5 Å². The van der Waals surface area contributed by atoms with E-state index >= 15 is 0 Å². The number of rotatable bonds is 4. The molecule has 0 aromatic carbocycles. The van der Waals surface area contributed by atoms with E-state index in [4.69, 9.17) is 19.0 Å². The first kappa shape index (κ1) is 10.2. The van der Waals surface area contributed by atoms with E-state index in [0.29, 0.717) is 19.0 Å². The lowest BCUT2D eigenvalue weighted by Crippen LogP contribution is -2.11. The second kappa shape index (κ2) is 4.46. The first-order valence-corrected chi connectivity index (χ1v) is 4.76. The minimum absolute atomic E-state index is 0.100. The largest absolute Gasteiger partial charge is 0.478 e. The molecule has 1 aliphatic rings. The summed E-state index contributed by atoms with van der Waals surface area (Å²) in [6, 6.07) is 1.47. The molecule has 1 aromatic heterocycles. The third-order valence-corrected chi connectivity index (χ3v) is 2.25. The van der Waals surface area contributed by atoms with Gasteiger partial charge in [0.15, 0.2) is 0 Å². The molecule has 0 spiro atoms. The second-order valence-electron chi connectivity index (χ2n) is 3.40. The van der Waals surface area contributed by atoms with Crippen LogP contribution < -0.4 is 0 Å². The van der Waals surface area contributed by atoms with Gasteiger partial charge in [0.05, 0.1) is 18.3 Å². The first-order chi connectivity index (χ1) is 7.25. The molecular weight excluding hydrogens is 200 g/mol. The Morgan fingerprint density at radius 1 is 1.67 bits per heavy atom. The highest BCUT2D eigenvalue weighted by atomic mass is 16.5. The van der Waals surface area contributed by atoms with Gasteiger partial charge in [-0.2, -0.15) is 0 Å². The summed E-state index contributed by atoms with van der Waals surface area (Å²) in [4.78, 5) is 10.6. The fourth-order valence-electron chi connectivity index (χ4n) is 1.41. The number of carbonyl (C=O) groups is 1. The molecule has 0 bridgehead atoms. The van der Waals surface area contributed by atoms with Gasteiger partial charge in [-0.3, -0.25) is 0 Å². The van der Waals surface area contributed by atoms with Crippen molar-refractivity contribution in [2.75, 3.05) is 13.2 Å². The Bertz CT molecular complexity index is 337. The van der Waals surface area contributed by atoms with Gasteiger partial charge in [0.2, 0.25) is 0 Å². The van der Waals surface area contributed by atoms with Crippen molar-refractivity contribution in [3.63, 3.8) is 0 Å². The Labute approximate surface area is 86.6 Å². The van der Waals surface area contributed by atoms with E-state index in [1.54, 1.807) is 0 Å². The van der Waals surface area contributed by atoms with Crippen molar-refractivity contribution >= 4 is 5.97 Å². The van der Waals surface area contributed by atoms with Crippen LogP contribution in [0.3, 0.4) is 0 Å². The van der Waals surface area contributed by atoms with Crippen molar-refractivity contribution < 1.29 is 23.8 Å². The van der Waals surface area contributed by atoms with Gasteiger partial charge in [0, 0.05) is 6.61 Å². The van der Waals surface area contributed by atoms with E-state index in [0.717, 1.165) is 13.0 Å². The van der Waals surface area contributed by atoms with Gasteiger partial charge < -0.3 is 19.0 Å². The summed E-state index contributed by atoms with van der Waals surface area (Å²) in [5.41, 5.74) is 0.149. The number of carboxylic acids is 1. The van der Waals surface area contributed by atoms with E-state index in [9.17, 15) is 4.79 Å². The summed E-state index contributed by atoms with van der Waals surface area (Å²) in [5.74, 6) is -0.464. The molecular formula is C10H12O5.